The number of ether oxygens (including phenoxy) is 2. The number of nitrogens with zero attached hydrogens (tertiary/aromatic N) is 2. The second-order valence-electron chi connectivity index (χ2n) is 8.36. The molecule has 2 aromatic carbocycles. The van der Waals surface area contributed by atoms with Crippen LogP contribution in [-0.2, 0) is 20.0 Å². The summed E-state index contributed by atoms with van der Waals surface area (Å²) >= 11 is 0. The van der Waals surface area contributed by atoms with Gasteiger partial charge >= 0.3 is 0 Å². The Morgan fingerprint density at radius 3 is 1.61 bits per heavy atom. The molecular formula is C23H32N2O6S2. The van der Waals surface area contributed by atoms with Crippen molar-refractivity contribution in [2.45, 2.75) is 50.5 Å². The third kappa shape index (κ3) is 4.37. The molecule has 0 unspecified atom stereocenters. The topological polar surface area (TPSA) is 93.2 Å². The maximum Gasteiger partial charge on any atom is 0.243 e. The van der Waals surface area contributed by atoms with Crippen LogP contribution in [0.2, 0.25) is 0 Å². The molecule has 1 atom stereocenters. The molecule has 33 heavy (non-hydrogen) atoms. The molecule has 0 aromatic heterocycles. The van der Waals surface area contributed by atoms with Crippen molar-refractivity contribution in [3.8, 4) is 11.5 Å². The Morgan fingerprint density at radius 2 is 1.18 bits per heavy atom. The highest BCUT2D eigenvalue weighted by Gasteiger charge is 2.39. The molecule has 0 spiro atoms. The van der Waals surface area contributed by atoms with Gasteiger partial charge in [0.05, 0.1) is 24.0 Å². The summed E-state index contributed by atoms with van der Waals surface area (Å²) in [7, 11) is -4.51. The predicted molar refractivity (Wildman–Crippen MR) is 127 cm³/mol. The van der Waals surface area contributed by atoms with Crippen LogP contribution in [-0.4, -0.2) is 65.3 Å². The maximum absolute atomic E-state index is 13.5. The highest BCUT2D eigenvalue weighted by molar-refractivity contribution is 7.89. The largest absolute Gasteiger partial charge is 0.496 e. The number of methoxy groups -OCH3 is 2. The SMILES string of the molecule is COc1ccc(S(=O)(=O)N2CCN(S(=O)(=O)c3ccc(OC)c(C)c3C)[C@H](C)C2)c(C)c1C. The van der Waals surface area contributed by atoms with E-state index in [9.17, 15) is 16.8 Å². The number of piperazine rings is 1. The van der Waals surface area contributed by atoms with E-state index in [1.54, 1.807) is 59.3 Å². The van der Waals surface area contributed by atoms with Crippen LogP contribution in [0.4, 0.5) is 0 Å². The van der Waals surface area contributed by atoms with E-state index in [0.717, 1.165) is 11.1 Å². The number of rotatable bonds is 6. The van der Waals surface area contributed by atoms with E-state index < -0.39 is 26.1 Å². The van der Waals surface area contributed by atoms with Crippen molar-refractivity contribution < 1.29 is 26.3 Å². The molecule has 1 aliphatic rings. The summed E-state index contributed by atoms with van der Waals surface area (Å²) in [5.74, 6) is 1.25. The second kappa shape index (κ2) is 9.25. The fraction of sp³-hybridized carbons (Fsp3) is 0.478. The van der Waals surface area contributed by atoms with Gasteiger partial charge in [0.25, 0.3) is 0 Å². The molecule has 0 aliphatic carbocycles. The van der Waals surface area contributed by atoms with Crippen LogP contribution in [0.1, 0.15) is 29.2 Å². The lowest BCUT2D eigenvalue weighted by Crippen LogP contribution is -2.55. The highest BCUT2D eigenvalue weighted by Crippen LogP contribution is 2.33. The van der Waals surface area contributed by atoms with Gasteiger partial charge in [-0.1, -0.05) is 0 Å². The molecule has 1 heterocycles. The zero-order chi connectivity index (χ0) is 24.7. The first-order valence-corrected chi connectivity index (χ1v) is 13.6. The first-order chi connectivity index (χ1) is 15.4. The summed E-state index contributed by atoms with van der Waals surface area (Å²) in [5, 5.41) is 0. The molecule has 1 aliphatic heterocycles. The quantitative estimate of drug-likeness (QED) is 0.610. The van der Waals surface area contributed by atoms with Gasteiger partial charge in [-0.25, -0.2) is 16.8 Å². The zero-order valence-corrected chi connectivity index (χ0v) is 21.8. The van der Waals surface area contributed by atoms with E-state index in [2.05, 4.69) is 0 Å². The molecule has 182 valence electrons. The van der Waals surface area contributed by atoms with Crippen molar-refractivity contribution in [2.24, 2.45) is 0 Å². The molecule has 1 fully saturated rings. The average Bonchev–Trinajstić information content (AvgIpc) is 2.76. The second-order valence-corrected chi connectivity index (χ2v) is 12.1. The third-order valence-corrected chi connectivity index (χ3v) is 10.7. The number of hydrogen-bond acceptors (Lipinski definition) is 6. The zero-order valence-electron chi connectivity index (χ0n) is 20.2. The van der Waals surface area contributed by atoms with E-state index in [-0.39, 0.29) is 29.4 Å². The minimum Gasteiger partial charge on any atom is -0.496 e. The Balaban J connectivity index is 1.90. The molecule has 8 nitrogen and oxygen atoms in total. The van der Waals surface area contributed by atoms with Gasteiger partial charge in [0.1, 0.15) is 11.5 Å². The van der Waals surface area contributed by atoms with Crippen LogP contribution < -0.4 is 9.47 Å². The van der Waals surface area contributed by atoms with Gasteiger partial charge in [0.15, 0.2) is 0 Å². The monoisotopic (exact) mass is 496 g/mol. The number of hydrogen-bond donors (Lipinski definition) is 0. The molecule has 0 N–H and O–H groups in total. The van der Waals surface area contributed by atoms with Gasteiger partial charge in [-0.3, -0.25) is 0 Å². The summed E-state index contributed by atoms with van der Waals surface area (Å²) in [5.41, 5.74) is 2.78. The average molecular weight is 497 g/mol. The van der Waals surface area contributed by atoms with Crippen LogP contribution in [0, 0.1) is 27.7 Å². The van der Waals surface area contributed by atoms with Gasteiger partial charge in [0, 0.05) is 25.7 Å². The first-order valence-electron chi connectivity index (χ1n) is 10.7. The summed E-state index contributed by atoms with van der Waals surface area (Å²) < 4.78 is 67.1. The Kier molecular flexibility index (Phi) is 7.14. The lowest BCUT2D eigenvalue weighted by Gasteiger charge is -2.38. The van der Waals surface area contributed by atoms with Crippen LogP contribution in [0.25, 0.3) is 0 Å². The molecule has 2 aromatic rings. The van der Waals surface area contributed by atoms with Gasteiger partial charge in [-0.2, -0.15) is 8.61 Å². The van der Waals surface area contributed by atoms with Crippen molar-refractivity contribution in [3.05, 3.63) is 46.5 Å². The predicted octanol–water partition coefficient (Wildman–Crippen LogP) is 3.02. The van der Waals surface area contributed by atoms with Crippen LogP contribution in [0.15, 0.2) is 34.1 Å². The Labute approximate surface area is 197 Å². The molecular weight excluding hydrogens is 464 g/mol. The molecule has 0 amide bonds. The molecule has 0 bridgehead atoms. The fourth-order valence-corrected chi connectivity index (χ4v) is 7.98. The van der Waals surface area contributed by atoms with Gasteiger partial charge in [-0.15, -0.1) is 0 Å². The van der Waals surface area contributed by atoms with Crippen molar-refractivity contribution in [2.75, 3.05) is 33.9 Å². The molecule has 0 radical (unpaired) electrons. The number of sulfonamides is 2. The Morgan fingerprint density at radius 1 is 0.727 bits per heavy atom. The van der Waals surface area contributed by atoms with E-state index in [1.807, 2.05) is 13.8 Å². The van der Waals surface area contributed by atoms with Crippen molar-refractivity contribution >= 4 is 20.0 Å². The van der Waals surface area contributed by atoms with E-state index in [0.29, 0.717) is 22.6 Å². The van der Waals surface area contributed by atoms with Crippen molar-refractivity contribution in [3.63, 3.8) is 0 Å². The van der Waals surface area contributed by atoms with Crippen LogP contribution >= 0.6 is 0 Å². The molecule has 3 rings (SSSR count). The van der Waals surface area contributed by atoms with Crippen molar-refractivity contribution in [1.29, 1.82) is 0 Å². The Bertz CT molecular complexity index is 1270. The lowest BCUT2D eigenvalue weighted by molar-refractivity contribution is 0.212. The molecule has 10 heteroatoms. The number of benzene rings is 2. The van der Waals surface area contributed by atoms with Crippen LogP contribution in [0.5, 0.6) is 11.5 Å². The standard InChI is InChI=1S/C23H32N2O6S2/c1-15-14-24(32(26,27)22-10-8-20(30-6)16(2)18(22)4)12-13-25(15)33(28,29)23-11-9-21(31-7)17(3)19(23)5/h8-11,15H,12-14H2,1-7H3/t15-/m1/s1. The van der Waals surface area contributed by atoms with Gasteiger partial charge < -0.3 is 9.47 Å². The van der Waals surface area contributed by atoms with E-state index in [4.69, 9.17) is 9.47 Å². The molecule has 0 saturated carbocycles. The summed E-state index contributed by atoms with van der Waals surface area (Å²) in [6.07, 6.45) is 0. The Hall–Kier alpha value is -2.14. The summed E-state index contributed by atoms with van der Waals surface area (Å²) in [6, 6.07) is 5.87. The third-order valence-electron chi connectivity index (χ3n) is 6.55. The maximum atomic E-state index is 13.5. The normalized spacial score (nSPS) is 18.3. The lowest BCUT2D eigenvalue weighted by atomic mass is 10.1. The molecule has 1 saturated heterocycles. The minimum absolute atomic E-state index is 0.0697. The summed E-state index contributed by atoms with van der Waals surface area (Å²) in [6.45, 7) is 9.09. The summed E-state index contributed by atoms with van der Waals surface area (Å²) in [4.78, 5) is 0.427. The van der Waals surface area contributed by atoms with Crippen molar-refractivity contribution in [1.82, 2.24) is 8.61 Å². The minimum atomic E-state index is -3.81. The fourth-order valence-electron chi connectivity index (χ4n) is 4.29. The van der Waals surface area contributed by atoms with Crippen LogP contribution in [0.3, 0.4) is 0 Å². The van der Waals surface area contributed by atoms with E-state index in [1.165, 1.54) is 8.61 Å². The van der Waals surface area contributed by atoms with E-state index >= 15 is 0 Å². The first kappa shape index (κ1) is 25.5. The van der Waals surface area contributed by atoms with Gasteiger partial charge in [-0.05, 0) is 81.1 Å². The smallest absolute Gasteiger partial charge is 0.243 e. The highest BCUT2D eigenvalue weighted by atomic mass is 32.2. The van der Waals surface area contributed by atoms with Gasteiger partial charge in [0.2, 0.25) is 20.0 Å².